The van der Waals surface area contributed by atoms with Gasteiger partial charge in [-0.3, -0.25) is 14.4 Å². The van der Waals surface area contributed by atoms with E-state index in [4.69, 9.17) is 19.9 Å². The molecular weight excluding hydrogens is 364 g/mol. The lowest BCUT2D eigenvalue weighted by Crippen LogP contribution is -2.21. The number of nitrogens with one attached hydrogen (secondary N) is 1. The molecule has 2 aromatic rings. The number of rotatable bonds is 10. The number of esters is 1. The first-order valence-corrected chi connectivity index (χ1v) is 8.69. The number of carbonyl (C=O) groups is 3. The van der Waals surface area contributed by atoms with Crippen LogP contribution in [0.3, 0.4) is 0 Å². The highest BCUT2D eigenvalue weighted by Crippen LogP contribution is 2.26. The molecule has 0 saturated heterocycles. The quantitative estimate of drug-likeness (QED) is 0.604. The first kappa shape index (κ1) is 20.8. The van der Waals surface area contributed by atoms with Crippen LogP contribution < -0.4 is 20.5 Å². The Morgan fingerprint density at radius 1 is 0.964 bits per heavy atom. The van der Waals surface area contributed by atoms with Gasteiger partial charge in [-0.25, -0.2) is 0 Å². The van der Waals surface area contributed by atoms with E-state index < -0.39 is 24.4 Å². The molecule has 2 amide bonds. The van der Waals surface area contributed by atoms with Crippen LogP contribution in [0.5, 0.6) is 11.5 Å². The van der Waals surface area contributed by atoms with E-state index in [2.05, 4.69) is 5.32 Å². The summed E-state index contributed by atoms with van der Waals surface area (Å²) in [6.45, 7) is 2.04. The smallest absolute Gasteiger partial charge is 0.309 e. The van der Waals surface area contributed by atoms with Gasteiger partial charge in [-0.05, 0) is 43.3 Å². The molecule has 148 valence electrons. The second-order valence-corrected chi connectivity index (χ2v) is 5.63. The van der Waals surface area contributed by atoms with Gasteiger partial charge in [-0.1, -0.05) is 12.1 Å². The van der Waals surface area contributed by atoms with Crippen molar-refractivity contribution in [2.24, 2.45) is 5.73 Å². The highest BCUT2D eigenvalue weighted by Gasteiger charge is 2.10. The minimum Gasteiger partial charge on any atom is -0.490 e. The van der Waals surface area contributed by atoms with Crippen molar-refractivity contribution in [2.75, 3.05) is 25.1 Å². The summed E-state index contributed by atoms with van der Waals surface area (Å²) in [5.74, 6) is -0.483. The van der Waals surface area contributed by atoms with E-state index in [9.17, 15) is 14.4 Å². The van der Waals surface area contributed by atoms with E-state index in [1.54, 1.807) is 18.2 Å². The fourth-order valence-electron chi connectivity index (χ4n) is 2.22. The summed E-state index contributed by atoms with van der Waals surface area (Å²) in [5, 5.41) is 2.55. The van der Waals surface area contributed by atoms with Gasteiger partial charge in [0.1, 0.15) is 0 Å². The highest BCUT2D eigenvalue weighted by atomic mass is 16.5. The van der Waals surface area contributed by atoms with E-state index in [0.29, 0.717) is 29.4 Å². The monoisotopic (exact) mass is 386 g/mol. The normalized spacial score (nSPS) is 10.0. The van der Waals surface area contributed by atoms with Crippen LogP contribution in [-0.2, 0) is 14.3 Å². The molecule has 0 aliphatic heterocycles. The lowest BCUT2D eigenvalue weighted by molar-refractivity contribution is -0.147. The molecule has 3 N–H and O–H groups in total. The predicted molar refractivity (Wildman–Crippen MR) is 102 cm³/mol. The van der Waals surface area contributed by atoms with Gasteiger partial charge >= 0.3 is 5.97 Å². The van der Waals surface area contributed by atoms with Gasteiger partial charge in [0.25, 0.3) is 5.91 Å². The lowest BCUT2D eigenvalue weighted by Gasteiger charge is -2.11. The maximum absolute atomic E-state index is 11.8. The SMILES string of the molecule is CCOc1ccccc1OCCC(=O)OCC(=O)Nc1ccc(C(N)=O)cc1. The van der Waals surface area contributed by atoms with Crippen LogP contribution >= 0.6 is 0 Å². The molecule has 0 unspecified atom stereocenters. The Kier molecular flexibility index (Phi) is 7.83. The highest BCUT2D eigenvalue weighted by molar-refractivity contribution is 5.95. The standard InChI is InChI=1S/C20H22N2O6/c1-2-26-16-5-3-4-6-17(16)27-12-11-19(24)28-13-18(23)22-15-9-7-14(8-10-15)20(21)25/h3-10H,2,11-13H2,1H3,(H2,21,25)(H,22,23). The van der Waals surface area contributed by atoms with Gasteiger partial charge in [0.05, 0.1) is 19.6 Å². The van der Waals surface area contributed by atoms with Gasteiger partial charge < -0.3 is 25.3 Å². The molecule has 0 spiro atoms. The van der Waals surface area contributed by atoms with Crippen molar-refractivity contribution in [3.63, 3.8) is 0 Å². The van der Waals surface area contributed by atoms with Gasteiger partial charge in [-0.2, -0.15) is 0 Å². The molecule has 0 heterocycles. The Morgan fingerprint density at radius 3 is 2.21 bits per heavy atom. The summed E-state index contributed by atoms with van der Waals surface area (Å²) in [7, 11) is 0. The number of hydrogen-bond donors (Lipinski definition) is 2. The molecule has 0 atom stereocenters. The lowest BCUT2D eigenvalue weighted by atomic mass is 10.2. The van der Waals surface area contributed by atoms with E-state index in [1.165, 1.54) is 24.3 Å². The van der Waals surface area contributed by atoms with Crippen LogP contribution in [0.1, 0.15) is 23.7 Å². The van der Waals surface area contributed by atoms with E-state index >= 15 is 0 Å². The van der Waals surface area contributed by atoms with Crippen LogP contribution in [0.2, 0.25) is 0 Å². The summed E-state index contributed by atoms with van der Waals surface area (Å²) in [6.07, 6.45) is -0.0128. The van der Waals surface area contributed by atoms with E-state index in [0.717, 1.165) is 0 Å². The molecule has 8 heteroatoms. The zero-order chi connectivity index (χ0) is 20.4. The molecule has 0 aliphatic carbocycles. The number of amides is 2. The average molecular weight is 386 g/mol. The summed E-state index contributed by atoms with van der Waals surface area (Å²) < 4.78 is 15.9. The molecular formula is C20H22N2O6. The zero-order valence-corrected chi connectivity index (χ0v) is 15.5. The van der Waals surface area contributed by atoms with Gasteiger partial charge in [0.15, 0.2) is 18.1 Å². The zero-order valence-electron chi connectivity index (χ0n) is 15.5. The minimum absolute atomic E-state index is 0.0128. The van der Waals surface area contributed by atoms with Crippen LogP contribution in [0.4, 0.5) is 5.69 Å². The Hall–Kier alpha value is -3.55. The number of hydrogen-bond acceptors (Lipinski definition) is 6. The van der Waals surface area contributed by atoms with Crippen molar-refractivity contribution in [1.29, 1.82) is 0 Å². The van der Waals surface area contributed by atoms with Crippen LogP contribution in [0, 0.1) is 0 Å². The number of para-hydroxylation sites is 2. The summed E-state index contributed by atoms with van der Waals surface area (Å²) in [5.41, 5.74) is 5.93. The number of carbonyl (C=O) groups excluding carboxylic acids is 3. The number of ether oxygens (including phenoxy) is 3. The molecule has 0 bridgehead atoms. The van der Waals surface area contributed by atoms with Gasteiger partial charge in [-0.15, -0.1) is 0 Å². The average Bonchev–Trinajstić information content (AvgIpc) is 2.68. The molecule has 0 radical (unpaired) electrons. The number of primary amides is 1. The summed E-state index contributed by atoms with van der Waals surface area (Å²) >= 11 is 0. The van der Waals surface area contributed by atoms with Crippen LogP contribution in [0.25, 0.3) is 0 Å². The van der Waals surface area contributed by atoms with Crippen molar-refractivity contribution >= 4 is 23.5 Å². The van der Waals surface area contributed by atoms with Crippen molar-refractivity contribution in [3.8, 4) is 11.5 Å². The maximum Gasteiger partial charge on any atom is 0.309 e. The summed E-state index contributed by atoms with van der Waals surface area (Å²) in [6, 6.07) is 13.2. The minimum atomic E-state index is -0.562. The number of anilines is 1. The Bertz CT molecular complexity index is 820. The first-order chi connectivity index (χ1) is 13.5. The second-order valence-electron chi connectivity index (χ2n) is 5.63. The third-order valence-corrected chi connectivity index (χ3v) is 3.53. The number of nitrogens with two attached hydrogens (primary N) is 1. The third-order valence-electron chi connectivity index (χ3n) is 3.53. The molecule has 2 rings (SSSR count). The van der Waals surface area contributed by atoms with E-state index in [-0.39, 0.29) is 13.0 Å². The third kappa shape index (κ3) is 6.64. The Balaban J connectivity index is 1.70. The fourth-order valence-corrected chi connectivity index (χ4v) is 2.22. The van der Waals surface area contributed by atoms with Gasteiger partial charge in [0.2, 0.25) is 5.91 Å². The topological polar surface area (TPSA) is 117 Å². The van der Waals surface area contributed by atoms with Crippen molar-refractivity contribution < 1.29 is 28.6 Å². The van der Waals surface area contributed by atoms with Crippen molar-refractivity contribution in [3.05, 3.63) is 54.1 Å². The van der Waals surface area contributed by atoms with Crippen LogP contribution in [-0.4, -0.2) is 37.6 Å². The molecule has 0 aromatic heterocycles. The summed E-state index contributed by atoms with van der Waals surface area (Å²) in [4.78, 5) is 34.6. The van der Waals surface area contributed by atoms with E-state index in [1.807, 2.05) is 13.0 Å². The second kappa shape index (κ2) is 10.6. The molecule has 28 heavy (non-hydrogen) atoms. The largest absolute Gasteiger partial charge is 0.490 e. The maximum atomic E-state index is 11.8. The van der Waals surface area contributed by atoms with Crippen LogP contribution in [0.15, 0.2) is 48.5 Å². The van der Waals surface area contributed by atoms with Gasteiger partial charge in [0, 0.05) is 11.3 Å². The Labute approximate surface area is 162 Å². The number of benzene rings is 2. The predicted octanol–water partition coefficient (Wildman–Crippen LogP) is 2.13. The van der Waals surface area contributed by atoms with Crippen molar-refractivity contribution in [2.45, 2.75) is 13.3 Å². The first-order valence-electron chi connectivity index (χ1n) is 8.69. The van der Waals surface area contributed by atoms with Crippen molar-refractivity contribution in [1.82, 2.24) is 0 Å². The Morgan fingerprint density at radius 2 is 1.61 bits per heavy atom. The molecule has 2 aromatic carbocycles. The molecule has 0 aliphatic rings. The molecule has 0 saturated carbocycles. The molecule has 0 fully saturated rings. The molecule has 8 nitrogen and oxygen atoms in total. The fraction of sp³-hybridized carbons (Fsp3) is 0.250.